The van der Waals surface area contributed by atoms with Gasteiger partial charge in [0.2, 0.25) is 0 Å². The summed E-state index contributed by atoms with van der Waals surface area (Å²) in [6.45, 7) is 6.02. The van der Waals surface area contributed by atoms with Crippen molar-refractivity contribution in [3.63, 3.8) is 0 Å². The number of benzene rings is 1. The van der Waals surface area contributed by atoms with Gasteiger partial charge in [0.1, 0.15) is 5.60 Å². The number of nitrogens with zero attached hydrogens (tertiary/aromatic N) is 3. The molecule has 1 aromatic carbocycles. The molecule has 0 radical (unpaired) electrons. The Morgan fingerprint density at radius 1 is 1.21 bits per heavy atom. The summed E-state index contributed by atoms with van der Waals surface area (Å²) in [6, 6.07) is 5.90. The van der Waals surface area contributed by atoms with Gasteiger partial charge in [-0.1, -0.05) is 6.07 Å². The number of nitrogens with one attached hydrogen (secondary N) is 1. The fourth-order valence-corrected chi connectivity index (χ4v) is 3.80. The second kappa shape index (κ2) is 6.14. The Labute approximate surface area is 168 Å². The first kappa shape index (κ1) is 17.8. The second-order valence-corrected chi connectivity index (χ2v) is 8.68. The van der Waals surface area contributed by atoms with Crippen molar-refractivity contribution in [3.8, 4) is 11.1 Å². The molecule has 0 saturated heterocycles. The molecule has 0 unspecified atom stereocenters. The molecule has 0 bridgehead atoms. The molecule has 1 amide bonds. The molecule has 1 aliphatic carbocycles. The number of pyridine rings is 1. The number of carbonyl (C=O) groups excluding carboxylic acids is 2. The van der Waals surface area contributed by atoms with Crippen molar-refractivity contribution >= 4 is 22.9 Å². The minimum absolute atomic E-state index is 0.0909. The molecule has 0 atom stereocenters. The molecule has 3 aromatic rings. The second-order valence-electron chi connectivity index (χ2n) is 8.68. The van der Waals surface area contributed by atoms with Crippen molar-refractivity contribution in [2.24, 2.45) is 0 Å². The molecule has 29 heavy (non-hydrogen) atoms. The monoisotopic (exact) mass is 390 g/mol. The number of carbonyl (C=O) groups is 2. The largest absolute Gasteiger partial charge is 0.442 e. The Balaban J connectivity index is 1.64. The van der Waals surface area contributed by atoms with Crippen LogP contribution < -0.4 is 5.32 Å². The first-order chi connectivity index (χ1) is 13.8. The third kappa shape index (κ3) is 3.06. The van der Waals surface area contributed by atoms with Gasteiger partial charge in [0.15, 0.2) is 0 Å². The number of aromatic nitrogens is 3. The summed E-state index contributed by atoms with van der Waals surface area (Å²) in [5.41, 5.74) is 4.54. The summed E-state index contributed by atoms with van der Waals surface area (Å²) in [5.74, 6) is 0.283. The molecule has 7 heteroatoms. The lowest BCUT2D eigenvalue weighted by Crippen LogP contribution is -2.27. The summed E-state index contributed by atoms with van der Waals surface area (Å²) in [7, 11) is 0. The number of amides is 1. The maximum atomic E-state index is 12.7. The molecule has 148 valence electrons. The molecule has 5 rings (SSSR count). The average molecular weight is 390 g/mol. The highest BCUT2D eigenvalue weighted by atomic mass is 16.6. The van der Waals surface area contributed by atoms with Crippen LogP contribution in [0.25, 0.3) is 22.0 Å². The first-order valence-electron chi connectivity index (χ1n) is 9.83. The Hall–Kier alpha value is -3.22. The highest BCUT2D eigenvalue weighted by Crippen LogP contribution is 2.43. The third-order valence-corrected chi connectivity index (χ3v) is 5.28. The van der Waals surface area contributed by atoms with Crippen LogP contribution in [0.2, 0.25) is 0 Å². The summed E-state index contributed by atoms with van der Waals surface area (Å²) in [5, 5.41) is 8.42. The molecule has 0 spiro atoms. The van der Waals surface area contributed by atoms with E-state index in [1.54, 1.807) is 12.4 Å². The van der Waals surface area contributed by atoms with Crippen LogP contribution in [0.15, 0.2) is 30.6 Å². The van der Waals surface area contributed by atoms with Gasteiger partial charge in [0.25, 0.3) is 5.91 Å². The quantitative estimate of drug-likeness (QED) is 0.715. The van der Waals surface area contributed by atoms with Gasteiger partial charge in [-0.05, 0) is 56.9 Å². The van der Waals surface area contributed by atoms with Crippen LogP contribution in [-0.4, -0.2) is 32.4 Å². The van der Waals surface area contributed by atoms with Gasteiger partial charge in [-0.3, -0.25) is 9.78 Å². The smallest absolute Gasteiger partial charge is 0.435 e. The van der Waals surface area contributed by atoms with E-state index in [1.165, 1.54) is 4.68 Å². The summed E-state index contributed by atoms with van der Waals surface area (Å²) in [6.07, 6.45) is 5.07. The van der Waals surface area contributed by atoms with Gasteiger partial charge in [0, 0.05) is 35.8 Å². The van der Waals surface area contributed by atoms with E-state index >= 15 is 0 Å². The average Bonchev–Trinajstić information content (AvgIpc) is 3.34. The van der Waals surface area contributed by atoms with Crippen molar-refractivity contribution in [1.82, 2.24) is 20.1 Å². The van der Waals surface area contributed by atoms with Crippen LogP contribution in [0.5, 0.6) is 0 Å². The minimum atomic E-state index is -0.592. The molecular weight excluding hydrogens is 368 g/mol. The zero-order valence-electron chi connectivity index (χ0n) is 16.7. The molecule has 3 heterocycles. The molecule has 1 saturated carbocycles. The van der Waals surface area contributed by atoms with Gasteiger partial charge >= 0.3 is 6.09 Å². The lowest BCUT2D eigenvalue weighted by molar-refractivity contribution is 0.0522. The van der Waals surface area contributed by atoms with Crippen molar-refractivity contribution in [2.75, 3.05) is 0 Å². The van der Waals surface area contributed by atoms with E-state index in [-0.39, 0.29) is 5.91 Å². The standard InChI is InChI=1S/C22H22N4O3/c1-22(2,3)29-21(28)26-18-7-6-13(8-14(18)19(25-26)12-4-5-12)15-9-23-10-17-16(15)11-24-20(17)27/h6-10,12H,4-5,11H2,1-3H3,(H,24,27). The predicted octanol–water partition coefficient (Wildman–Crippen LogP) is 4.00. The van der Waals surface area contributed by atoms with Crippen LogP contribution in [0.3, 0.4) is 0 Å². The number of hydrogen-bond donors (Lipinski definition) is 1. The van der Waals surface area contributed by atoms with Crippen LogP contribution in [0.4, 0.5) is 4.79 Å². The maximum Gasteiger partial charge on any atom is 0.435 e. The zero-order valence-corrected chi connectivity index (χ0v) is 16.7. The van der Waals surface area contributed by atoms with E-state index in [2.05, 4.69) is 21.5 Å². The molecule has 1 fully saturated rings. The number of hydrogen-bond acceptors (Lipinski definition) is 5. The molecule has 2 aromatic heterocycles. The maximum absolute atomic E-state index is 12.7. The van der Waals surface area contributed by atoms with Gasteiger partial charge in [-0.15, -0.1) is 0 Å². The van der Waals surface area contributed by atoms with Gasteiger partial charge in [-0.2, -0.15) is 9.78 Å². The van der Waals surface area contributed by atoms with Gasteiger partial charge in [0.05, 0.1) is 16.8 Å². The lowest BCUT2D eigenvalue weighted by atomic mass is 9.98. The highest BCUT2D eigenvalue weighted by molar-refractivity contribution is 6.01. The molecule has 2 aliphatic rings. The summed E-state index contributed by atoms with van der Waals surface area (Å²) < 4.78 is 6.91. The van der Waals surface area contributed by atoms with Crippen molar-refractivity contribution in [2.45, 2.75) is 51.7 Å². The van der Waals surface area contributed by atoms with E-state index in [9.17, 15) is 9.59 Å². The van der Waals surface area contributed by atoms with Crippen LogP contribution in [-0.2, 0) is 11.3 Å². The van der Waals surface area contributed by atoms with Crippen LogP contribution in [0, 0.1) is 0 Å². The Bertz CT molecular complexity index is 1170. The third-order valence-electron chi connectivity index (χ3n) is 5.28. The number of fused-ring (bicyclic) bond motifs is 2. The van der Waals surface area contributed by atoms with E-state index in [0.29, 0.717) is 18.0 Å². The van der Waals surface area contributed by atoms with Crippen molar-refractivity contribution < 1.29 is 14.3 Å². The Morgan fingerprint density at radius 3 is 2.69 bits per heavy atom. The number of ether oxygens (including phenoxy) is 1. The fourth-order valence-electron chi connectivity index (χ4n) is 3.80. The van der Waals surface area contributed by atoms with E-state index < -0.39 is 11.7 Å². The number of rotatable bonds is 2. The SMILES string of the molecule is CC(C)(C)OC(=O)n1nc(C2CC2)c2cc(-c3cncc4c3CNC4=O)ccc21. The van der Waals surface area contributed by atoms with Gasteiger partial charge < -0.3 is 10.1 Å². The predicted molar refractivity (Wildman–Crippen MR) is 108 cm³/mol. The molecule has 1 N–H and O–H groups in total. The highest BCUT2D eigenvalue weighted by Gasteiger charge is 2.31. The van der Waals surface area contributed by atoms with E-state index in [0.717, 1.165) is 46.1 Å². The minimum Gasteiger partial charge on any atom is -0.442 e. The molecule has 1 aliphatic heterocycles. The molecule has 7 nitrogen and oxygen atoms in total. The Morgan fingerprint density at radius 2 is 1.97 bits per heavy atom. The topological polar surface area (TPSA) is 86.1 Å². The normalized spacial score (nSPS) is 16.0. The lowest BCUT2D eigenvalue weighted by Gasteiger charge is -2.19. The summed E-state index contributed by atoms with van der Waals surface area (Å²) in [4.78, 5) is 28.9. The summed E-state index contributed by atoms with van der Waals surface area (Å²) >= 11 is 0. The van der Waals surface area contributed by atoms with Crippen molar-refractivity contribution in [3.05, 3.63) is 47.4 Å². The van der Waals surface area contributed by atoms with Gasteiger partial charge in [-0.25, -0.2) is 4.79 Å². The van der Waals surface area contributed by atoms with E-state index in [1.807, 2.05) is 32.9 Å². The van der Waals surface area contributed by atoms with E-state index in [4.69, 9.17) is 4.74 Å². The zero-order chi connectivity index (χ0) is 20.3. The van der Waals surface area contributed by atoms with Crippen molar-refractivity contribution in [1.29, 1.82) is 0 Å². The van der Waals surface area contributed by atoms with Crippen LogP contribution >= 0.6 is 0 Å². The molecular formula is C22H22N4O3. The first-order valence-corrected chi connectivity index (χ1v) is 9.83. The van der Waals surface area contributed by atoms with Crippen LogP contribution in [0.1, 0.15) is 61.1 Å². The fraction of sp³-hybridized carbons (Fsp3) is 0.364. The Kier molecular flexibility index (Phi) is 3.78.